The number of carbonyl (C=O) groups excluding carboxylic acids is 2. The largest absolute Gasteiger partial charge is 0.453 e. The van der Waals surface area contributed by atoms with E-state index in [2.05, 4.69) is 24.3 Å². The monoisotopic (exact) mass is 414 g/mol. The third kappa shape index (κ3) is 2.94. The van der Waals surface area contributed by atoms with Crippen LogP contribution in [0.25, 0.3) is 0 Å². The summed E-state index contributed by atoms with van der Waals surface area (Å²) in [6.07, 6.45) is 14.3. The van der Waals surface area contributed by atoms with Gasteiger partial charge in [-0.2, -0.15) is 0 Å². The Kier molecular flexibility index (Phi) is 4.96. The normalized spacial score (nSPS) is 41.6. The van der Waals surface area contributed by atoms with E-state index in [9.17, 15) is 14.7 Å². The van der Waals surface area contributed by atoms with Gasteiger partial charge < -0.3 is 19.6 Å². The lowest BCUT2D eigenvalue weighted by Crippen LogP contribution is -2.64. The third-order valence-corrected chi connectivity index (χ3v) is 9.19. The molecule has 4 saturated carbocycles. The van der Waals surface area contributed by atoms with Crippen LogP contribution >= 0.6 is 0 Å². The van der Waals surface area contributed by atoms with Crippen molar-refractivity contribution in [2.75, 3.05) is 27.2 Å². The van der Waals surface area contributed by atoms with Crippen molar-refractivity contribution in [1.82, 2.24) is 9.80 Å². The molecule has 5 fully saturated rings. The van der Waals surface area contributed by atoms with Gasteiger partial charge in [0.25, 0.3) is 0 Å². The molecule has 0 spiro atoms. The van der Waals surface area contributed by atoms with Crippen molar-refractivity contribution in [2.45, 2.75) is 50.7 Å². The van der Waals surface area contributed by atoms with Crippen LogP contribution in [0.3, 0.4) is 0 Å². The Morgan fingerprint density at radius 2 is 1.77 bits per heavy atom. The molecular weight excluding hydrogens is 380 g/mol. The van der Waals surface area contributed by atoms with Gasteiger partial charge in [0.2, 0.25) is 5.91 Å². The van der Waals surface area contributed by atoms with Crippen LogP contribution in [0.1, 0.15) is 38.5 Å². The van der Waals surface area contributed by atoms with Crippen molar-refractivity contribution in [3.63, 3.8) is 0 Å². The molecule has 4 bridgehead atoms. The summed E-state index contributed by atoms with van der Waals surface area (Å²) in [5.74, 6) is 2.57. The van der Waals surface area contributed by atoms with Gasteiger partial charge in [0.05, 0.1) is 19.3 Å². The maximum Gasteiger partial charge on any atom is 0.409 e. The number of allylic oxidation sites excluding steroid dienone is 4. The molecule has 6 aliphatic rings. The second-order valence-corrected chi connectivity index (χ2v) is 10.3. The Morgan fingerprint density at radius 1 is 1.13 bits per heavy atom. The summed E-state index contributed by atoms with van der Waals surface area (Å²) in [7, 11) is 3.13. The fourth-order valence-electron chi connectivity index (χ4n) is 7.58. The van der Waals surface area contributed by atoms with Crippen LogP contribution in [0.5, 0.6) is 0 Å². The van der Waals surface area contributed by atoms with Crippen molar-refractivity contribution in [2.24, 2.45) is 35.0 Å². The zero-order chi connectivity index (χ0) is 21.0. The molecule has 1 aliphatic heterocycles. The lowest BCUT2D eigenvalue weighted by Gasteiger charge is -2.65. The van der Waals surface area contributed by atoms with E-state index in [1.54, 1.807) is 11.9 Å². The molecule has 1 unspecified atom stereocenters. The van der Waals surface area contributed by atoms with Crippen LogP contribution < -0.4 is 0 Å². The lowest BCUT2D eigenvalue weighted by atomic mass is 9.40. The van der Waals surface area contributed by atoms with Crippen LogP contribution in [-0.4, -0.2) is 66.3 Å². The summed E-state index contributed by atoms with van der Waals surface area (Å²) >= 11 is 0. The number of likely N-dealkylation sites (tertiary alicyclic amines) is 1. The molecule has 1 heterocycles. The van der Waals surface area contributed by atoms with Gasteiger partial charge in [0.1, 0.15) is 0 Å². The summed E-state index contributed by atoms with van der Waals surface area (Å²) in [5.41, 5.74) is 0.0187. The Hall–Kier alpha value is -1.82. The van der Waals surface area contributed by atoms with Crippen LogP contribution in [0.2, 0.25) is 0 Å². The molecule has 1 saturated heterocycles. The summed E-state index contributed by atoms with van der Waals surface area (Å²) in [6.45, 7) is 1.19. The molecule has 6 heteroatoms. The number of carbonyl (C=O) groups is 2. The fourth-order valence-corrected chi connectivity index (χ4v) is 7.58. The summed E-state index contributed by atoms with van der Waals surface area (Å²) in [6, 6.07) is 0.0449. The topological polar surface area (TPSA) is 70.1 Å². The number of aliphatic hydroxyl groups excluding tert-OH is 1. The molecule has 5 aliphatic carbocycles. The highest BCUT2D eigenvalue weighted by molar-refractivity contribution is 5.79. The molecule has 164 valence electrons. The second kappa shape index (κ2) is 7.40. The predicted molar refractivity (Wildman–Crippen MR) is 112 cm³/mol. The van der Waals surface area contributed by atoms with Gasteiger partial charge in [-0.1, -0.05) is 24.3 Å². The maximum absolute atomic E-state index is 13.4. The second-order valence-electron chi connectivity index (χ2n) is 10.3. The van der Waals surface area contributed by atoms with Crippen molar-refractivity contribution in [1.29, 1.82) is 0 Å². The molecule has 0 aromatic heterocycles. The predicted octanol–water partition coefficient (Wildman–Crippen LogP) is 2.83. The number of amides is 2. The van der Waals surface area contributed by atoms with Crippen molar-refractivity contribution in [3.8, 4) is 0 Å². The molecule has 0 aromatic carbocycles. The smallest absolute Gasteiger partial charge is 0.409 e. The number of likely N-dealkylation sites (N-methyl/N-ethyl adjacent to an activating group) is 1. The van der Waals surface area contributed by atoms with Crippen molar-refractivity contribution < 1.29 is 19.4 Å². The van der Waals surface area contributed by atoms with Gasteiger partial charge in [-0.05, 0) is 67.1 Å². The van der Waals surface area contributed by atoms with Crippen LogP contribution in [0, 0.1) is 35.0 Å². The zero-order valence-electron chi connectivity index (χ0n) is 18.1. The first-order valence-corrected chi connectivity index (χ1v) is 11.5. The van der Waals surface area contributed by atoms with E-state index >= 15 is 0 Å². The number of ether oxygens (including phenoxy) is 1. The average molecular weight is 415 g/mol. The Bertz CT molecular complexity index is 739. The summed E-state index contributed by atoms with van der Waals surface area (Å²) < 4.78 is 4.80. The Morgan fingerprint density at radius 3 is 2.30 bits per heavy atom. The quantitative estimate of drug-likeness (QED) is 0.768. The van der Waals surface area contributed by atoms with Crippen LogP contribution in [0.4, 0.5) is 4.79 Å². The van der Waals surface area contributed by atoms with Crippen molar-refractivity contribution >= 4 is 12.0 Å². The molecular formula is C24H34N2O4. The average Bonchev–Trinajstić information content (AvgIpc) is 2.71. The third-order valence-electron chi connectivity index (χ3n) is 9.19. The first kappa shape index (κ1) is 20.1. The zero-order valence-corrected chi connectivity index (χ0v) is 18.1. The molecule has 2 amide bonds. The molecule has 0 radical (unpaired) electrons. The number of aliphatic hydroxyl groups is 1. The molecule has 1 atom stereocenters. The maximum atomic E-state index is 13.4. The standard InChI is InChI=1S/C24H34N2O4/c1-25(23(29)30-2)20-13-26(14-20)21(27)12-24(17-6-4-3-5-7-17)18-8-15-9-19(24)11-16(10-18)22(15)28/h3-6,15-20,22,28H,7-14H2,1-2H3. The van der Waals surface area contributed by atoms with E-state index in [4.69, 9.17) is 4.74 Å². The van der Waals surface area contributed by atoms with Crippen LogP contribution in [-0.2, 0) is 9.53 Å². The van der Waals surface area contributed by atoms with Gasteiger partial charge in [-0.3, -0.25) is 4.79 Å². The SMILES string of the molecule is COC(=O)N(C)C1CN(C(=O)CC2(C3C=CC=CC3)C3CC4CC2CC(C3)C4O)C1. The fraction of sp³-hybridized carbons (Fsp3) is 0.750. The number of hydrogen-bond donors (Lipinski definition) is 1. The van der Waals surface area contributed by atoms with E-state index in [1.165, 1.54) is 7.11 Å². The minimum absolute atomic E-state index is 0.0187. The number of hydrogen-bond acceptors (Lipinski definition) is 4. The minimum Gasteiger partial charge on any atom is -0.453 e. The number of nitrogens with zero attached hydrogens (tertiary/aromatic N) is 2. The highest BCUT2D eigenvalue weighted by Gasteiger charge is 2.62. The molecule has 0 aromatic rings. The molecule has 6 rings (SSSR count). The van der Waals surface area contributed by atoms with Gasteiger partial charge in [-0.15, -0.1) is 0 Å². The Labute approximate surface area is 178 Å². The van der Waals surface area contributed by atoms with Crippen molar-refractivity contribution in [3.05, 3.63) is 24.3 Å². The van der Waals surface area contributed by atoms with Gasteiger partial charge >= 0.3 is 6.09 Å². The minimum atomic E-state index is -0.345. The highest BCUT2D eigenvalue weighted by atomic mass is 16.5. The Balaban J connectivity index is 1.34. The van der Waals surface area contributed by atoms with E-state index in [0.29, 0.717) is 49.1 Å². The number of methoxy groups -OCH3 is 1. The number of rotatable bonds is 4. The first-order valence-electron chi connectivity index (χ1n) is 11.5. The van der Waals surface area contributed by atoms with E-state index in [-0.39, 0.29) is 29.6 Å². The van der Waals surface area contributed by atoms with Crippen LogP contribution in [0.15, 0.2) is 24.3 Å². The van der Waals surface area contributed by atoms with Gasteiger partial charge in [0, 0.05) is 26.6 Å². The first-order chi connectivity index (χ1) is 14.4. The summed E-state index contributed by atoms with van der Waals surface area (Å²) in [4.78, 5) is 28.7. The summed E-state index contributed by atoms with van der Waals surface area (Å²) in [5, 5.41) is 10.6. The lowest BCUT2D eigenvalue weighted by molar-refractivity contribution is -0.189. The van der Waals surface area contributed by atoms with Gasteiger partial charge in [-0.25, -0.2) is 4.79 Å². The van der Waals surface area contributed by atoms with Gasteiger partial charge in [0.15, 0.2) is 0 Å². The molecule has 6 nitrogen and oxygen atoms in total. The molecule has 1 N–H and O–H groups in total. The van der Waals surface area contributed by atoms with E-state index in [0.717, 1.165) is 32.1 Å². The molecule has 30 heavy (non-hydrogen) atoms. The van der Waals surface area contributed by atoms with E-state index in [1.807, 2.05) is 4.90 Å². The highest BCUT2D eigenvalue weighted by Crippen LogP contribution is 2.67. The van der Waals surface area contributed by atoms with E-state index < -0.39 is 0 Å².